The van der Waals surface area contributed by atoms with E-state index in [1.54, 1.807) is 24.3 Å². The van der Waals surface area contributed by atoms with Crippen molar-refractivity contribution in [3.8, 4) is 0 Å². The number of carbonyl (C=O) groups is 1. The maximum absolute atomic E-state index is 11.4. The molecule has 0 aliphatic carbocycles. The highest BCUT2D eigenvalue weighted by molar-refractivity contribution is 5.95. The van der Waals surface area contributed by atoms with Gasteiger partial charge < -0.3 is 10.1 Å². The van der Waals surface area contributed by atoms with Gasteiger partial charge in [-0.05, 0) is 40.6 Å². The van der Waals surface area contributed by atoms with Crippen LogP contribution in [0.4, 0.5) is 17.1 Å². The number of hydrogen-bond donors (Lipinski definition) is 1. The van der Waals surface area contributed by atoms with Crippen molar-refractivity contribution in [3.05, 3.63) is 52.1 Å². The van der Waals surface area contributed by atoms with Crippen LogP contribution in [0.25, 0.3) is 11.0 Å². The van der Waals surface area contributed by atoms with Gasteiger partial charge in [0.25, 0.3) is 0 Å². The second-order valence-electron chi connectivity index (χ2n) is 4.54. The van der Waals surface area contributed by atoms with E-state index in [-0.39, 0.29) is 16.7 Å². The van der Waals surface area contributed by atoms with E-state index in [1.165, 1.54) is 19.2 Å². The van der Waals surface area contributed by atoms with E-state index in [0.717, 1.165) is 0 Å². The van der Waals surface area contributed by atoms with Crippen molar-refractivity contribution in [2.24, 2.45) is 0 Å². The molecule has 9 heteroatoms. The van der Waals surface area contributed by atoms with Gasteiger partial charge in [0.2, 0.25) is 5.52 Å². The molecule has 116 valence electrons. The predicted molar refractivity (Wildman–Crippen MR) is 79.5 cm³/mol. The number of non-ortho nitro benzene ring substituents is 1. The van der Waals surface area contributed by atoms with Crippen molar-refractivity contribution in [2.45, 2.75) is 0 Å². The highest BCUT2D eigenvalue weighted by Gasteiger charge is 2.19. The second kappa shape index (κ2) is 5.72. The van der Waals surface area contributed by atoms with Gasteiger partial charge in [0.1, 0.15) is 0 Å². The van der Waals surface area contributed by atoms with Gasteiger partial charge in [0.15, 0.2) is 5.52 Å². The fourth-order valence-corrected chi connectivity index (χ4v) is 2.06. The first kappa shape index (κ1) is 14.4. The number of aromatic nitrogens is 2. The summed E-state index contributed by atoms with van der Waals surface area (Å²) in [6, 6.07) is 9.37. The van der Waals surface area contributed by atoms with Gasteiger partial charge in [-0.3, -0.25) is 10.1 Å². The van der Waals surface area contributed by atoms with E-state index in [2.05, 4.69) is 25.0 Å². The fourth-order valence-electron chi connectivity index (χ4n) is 2.06. The third kappa shape index (κ3) is 2.67. The first-order valence-corrected chi connectivity index (χ1v) is 6.45. The zero-order valence-electron chi connectivity index (χ0n) is 11.8. The van der Waals surface area contributed by atoms with Gasteiger partial charge in [0, 0.05) is 11.8 Å². The van der Waals surface area contributed by atoms with Crippen molar-refractivity contribution in [2.75, 3.05) is 12.4 Å². The first-order chi connectivity index (χ1) is 11.1. The molecule has 0 bridgehead atoms. The van der Waals surface area contributed by atoms with Gasteiger partial charge in [-0.25, -0.2) is 9.42 Å². The maximum Gasteiger partial charge on any atom is 0.337 e. The van der Waals surface area contributed by atoms with Crippen LogP contribution in [0.1, 0.15) is 10.4 Å². The molecule has 0 spiro atoms. The Morgan fingerprint density at radius 1 is 1.17 bits per heavy atom. The number of benzene rings is 2. The number of nitro groups is 1. The van der Waals surface area contributed by atoms with Crippen LogP contribution in [-0.4, -0.2) is 28.3 Å². The summed E-state index contributed by atoms with van der Waals surface area (Å²) >= 11 is 0. The standard InChI is InChI=1S/C14H10N4O5/c1-22-14(19)8-2-4-9(5-3-8)15-10-6-7-11(18(20)21)13-12(10)16-23-17-13/h2-7,15H,1H3. The number of hydrogen-bond acceptors (Lipinski definition) is 8. The van der Waals surface area contributed by atoms with Crippen molar-refractivity contribution in [1.29, 1.82) is 0 Å². The minimum atomic E-state index is -0.554. The monoisotopic (exact) mass is 314 g/mol. The van der Waals surface area contributed by atoms with E-state index in [1.807, 2.05) is 0 Å². The molecular formula is C14H10N4O5. The summed E-state index contributed by atoms with van der Waals surface area (Å²) in [5.41, 5.74) is 1.69. The largest absolute Gasteiger partial charge is 0.465 e. The predicted octanol–water partition coefficient (Wildman–Crippen LogP) is 2.66. The van der Waals surface area contributed by atoms with Crippen LogP contribution in [0.5, 0.6) is 0 Å². The topological polar surface area (TPSA) is 120 Å². The Kier molecular flexibility index (Phi) is 3.59. The van der Waals surface area contributed by atoms with Crippen molar-refractivity contribution >= 4 is 34.1 Å². The lowest BCUT2D eigenvalue weighted by Gasteiger charge is -2.07. The molecule has 0 radical (unpaired) electrons. The molecule has 0 unspecified atom stereocenters. The van der Waals surface area contributed by atoms with Gasteiger partial charge in [-0.1, -0.05) is 0 Å². The zero-order valence-corrected chi connectivity index (χ0v) is 11.8. The Morgan fingerprint density at radius 2 is 1.87 bits per heavy atom. The Morgan fingerprint density at radius 3 is 2.52 bits per heavy atom. The van der Waals surface area contributed by atoms with Crippen LogP contribution in [0.2, 0.25) is 0 Å². The molecule has 0 aliphatic rings. The molecule has 0 atom stereocenters. The summed E-state index contributed by atoms with van der Waals surface area (Å²) < 4.78 is 9.22. The van der Waals surface area contributed by atoms with Crippen LogP contribution in [0.3, 0.4) is 0 Å². The van der Waals surface area contributed by atoms with Crippen LogP contribution in [0, 0.1) is 10.1 Å². The number of nitro benzene ring substituents is 1. The van der Waals surface area contributed by atoms with E-state index in [9.17, 15) is 14.9 Å². The number of methoxy groups -OCH3 is 1. The third-order valence-corrected chi connectivity index (χ3v) is 3.18. The average Bonchev–Trinajstić information content (AvgIpc) is 3.04. The highest BCUT2D eigenvalue weighted by Crippen LogP contribution is 2.30. The minimum Gasteiger partial charge on any atom is -0.465 e. The molecule has 2 aromatic carbocycles. The van der Waals surface area contributed by atoms with E-state index >= 15 is 0 Å². The molecule has 23 heavy (non-hydrogen) atoms. The first-order valence-electron chi connectivity index (χ1n) is 6.45. The summed E-state index contributed by atoms with van der Waals surface area (Å²) in [6.45, 7) is 0. The number of fused-ring (bicyclic) bond motifs is 1. The lowest BCUT2D eigenvalue weighted by atomic mass is 10.2. The molecule has 1 N–H and O–H groups in total. The number of nitrogens with zero attached hydrogens (tertiary/aromatic N) is 3. The lowest BCUT2D eigenvalue weighted by molar-refractivity contribution is -0.383. The molecule has 0 fully saturated rings. The highest BCUT2D eigenvalue weighted by atomic mass is 16.6. The molecule has 0 saturated heterocycles. The quantitative estimate of drug-likeness (QED) is 0.443. The number of rotatable bonds is 4. The Balaban J connectivity index is 1.93. The average molecular weight is 314 g/mol. The molecule has 0 amide bonds. The number of esters is 1. The normalized spacial score (nSPS) is 10.5. The SMILES string of the molecule is COC(=O)c1ccc(Nc2ccc([N+](=O)[O-])c3nonc23)cc1. The van der Waals surface area contributed by atoms with Gasteiger partial charge >= 0.3 is 11.7 Å². The Labute approximate surface area is 129 Å². The van der Waals surface area contributed by atoms with Crippen molar-refractivity contribution in [3.63, 3.8) is 0 Å². The lowest BCUT2D eigenvalue weighted by Crippen LogP contribution is -2.01. The molecule has 3 aromatic rings. The molecular weight excluding hydrogens is 304 g/mol. The van der Waals surface area contributed by atoms with Gasteiger partial charge in [0.05, 0.1) is 23.3 Å². The molecule has 3 rings (SSSR count). The van der Waals surface area contributed by atoms with Crippen LogP contribution in [-0.2, 0) is 4.74 Å². The molecule has 9 nitrogen and oxygen atoms in total. The molecule has 1 aromatic heterocycles. The minimum absolute atomic E-state index is 0.0613. The summed E-state index contributed by atoms with van der Waals surface area (Å²) in [5, 5.41) is 21.2. The summed E-state index contributed by atoms with van der Waals surface area (Å²) in [5.74, 6) is -0.435. The zero-order chi connectivity index (χ0) is 16.4. The number of carbonyl (C=O) groups excluding carboxylic acids is 1. The number of nitrogens with one attached hydrogen (secondary N) is 1. The summed E-state index contributed by atoms with van der Waals surface area (Å²) in [6.07, 6.45) is 0. The summed E-state index contributed by atoms with van der Waals surface area (Å²) in [7, 11) is 1.31. The Hall–Kier alpha value is -3.49. The van der Waals surface area contributed by atoms with Crippen molar-refractivity contribution < 1.29 is 19.1 Å². The smallest absolute Gasteiger partial charge is 0.337 e. The Bertz CT molecular complexity index is 888. The van der Waals surface area contributed by atoms with Gasteiger partial charge in [-0.15, -0.1) is 0 Å². The van der Waals surface area contributed by atoms with Gasteiger partial charge in [-0.2, -0.15) is 0 Å². The fraction of sp³-hybridized carbons (Fsp3) is 0.0714. The second-order valence-corrected chi connectivity index (χ2v) is 4.54. The number of ether oxygens (including phenoxy) is 1. The molecule has 0 saturated carbocycles. The molecule has 1 heterocycles. The van der Waals surface area contributed by atoms with E-state index in [4.69, 9.17) is 0 Å². The summed E-state index contributed by atoms with van der Waals surface area (Å²) in [4.78, 5) is 21.8. The van der Waals surface area contributed by atoms with Crippen molar-refractivity contribution in [1.82, 2.24) is 10.3 Å². The third-order valence-electron chi connectivity index (χ3n) is 3.18. The van der Waals surface area contributed by atoms with Crippen LogP contribution < -0.4 is 5.32 Å². The van der Waals surface area contributed by atoms with E-state index in [0.29, 0.717) is 16.9 Å². The van der Waals surface area contributed by atoms with Crippen LogP contribution >= 0.6 is 0 Å². The maximum atomic E-state index is 11.4. The number of anilines is 2. The van der Waals surface area contributed by atoms with Crippen LogP contribution in [0.15, 0.2) is 41.0 Å². The molecule has 0 aliphatic heterocycles. The van der Waals surface area contributed by atoms with E-state index < -0.39 is 10.9 Å².